The zero-order valence-corrected chi connectivity index (χ0v) is 14.2. The number of oxime groups is 1. The normalized spacial score (nSPS) is 11.9. The maximum atomic E-state index is 12.0. The Morgan fingerprint density at radius 2 is 1.56 bits per heavy atom. The van der Waals surface area contributed by atoms with Crippen molar-refractivity contribution >= 4 is 17.5 Å². The van der Waals surface area contributed by atoms with Crippen LogP contribution in [-0.2, 0) is 10.3 Å². The first-order chi connectivity index (χ1) is 11.7. The minimum atomic E-state index is -0.634. The van der Waals surface area contributed by atoms with Gasteiger partial charge in [-0.25, -0.2) is 4.79 Å². The van der Waals surface area contributed by atoms with E-state index in [2.05, 4.69) is 25.9 Å². The number of nitrogens with two attached hydrogens (primary N) is 1. The van der Waals surface area contributed by atoms with E-state index in [1.165, 1.54) is 24.3 Å². The Kier molecular flexibility index (Phi) is 5.17. The fourth-order valence-electron chi connectivity index (χ4n) is 2.06. The van der Waals surface area contributed by atoms with E-state index in [0.717, 1.165) is 5.56 Å². The smallest absolute Gasteiger partial charge is 0.365 e. The maximum Gasteiger partial charge on any atom is 0.365 e. The summed E-state index contributed by atoms with van der Waals surface area (Å²) in [5, 5.41) is 14.2. The topological polar surface area (TPSA) is 108 Å². The highest BCUT2D eigenvalue weighted by atomic mass is 16.7. The maximum absolute atomic E-state index is 12.0. The second-order valence-corrected chi connectivity index (χ2v) is 6.49. The molecule has 0 aliphatic carbocycles. The summed E-state index contributed by atoms with van der Waals surface area (Å²) in [6.07, 6.45) is 0. The molecule has 0 heterocycles. The van der Waals surface area contributed by atoms with E-state index in [9.17, 15) is 14.9 Å². The van der Waals surface area contributed by atoms with Crippen molar-refractivity contribution in [3.05, 3.63) is 75.3 Å². The molecule has 0 atom stereocenters. The van der Waals surface area contributed by atoms with Gasteiger partial charge in [0, 0.05) is 17.7 Å². The highest BCUT2D eigenvalue weighted by molar-refractivity contribution is 5.98. The Hall–Kier alpha value is -3.22. The number of carbonyl (C=O) groups excluding carboxylic acids is 1. The molecule has 0 fully saturated rings. The van der Waals surface area contributed by atoms with Crippen molar-refractivity contribution in [1.82, 2.24) is 0 Å². The second kappa shape index (κ2) is 7.12. The number of benzene rings is 2. The van der Waals surface area contributed by atoms with Crippen LogP contribution in [0.5, 0.6) is 0 Å². The molecule has 0 amide bonds. The van der Waals surface area contributed by atoms with Gasteiger partial charge in [0.25, 0.3) is 5.69 Å². The van der Waals surface area contributed by atoms with Crippen LogP contribution < -0.4 is 5.73 Å². The highest BCUT2D eigenvalue weighted by Gasteiger charge is 2.15. The van der Waals surface area contributed by atoms with E-state index in [-0.39, 0.29) is 16.9 Å². The van der Waals surface area contributed by atoms with Crippen molar-refractivity contribution in [3.8, 4) is 0 Å². The molecule has 0 aliphatic rings. The standard InChI is InChI=1S/C18H19N3O4/c1-18(2,3)14-8-4-13(5-9-14)17(22)25-20-16(19)12-6-10-15(11-7-12)21(23)24/h4-11H,1-3H3,(H2,19,20). The summed E-state index contributed by atoms with van der Waals surface area (Å²) in [5.74, 6) is -0.681. The fraction of sp³-hybridized carbons (Fsp3) is 0.222. The molecule has 7 nitrogen and oxygen atoms in total. The van der Waals surface area contributed by atoms with Gasteiger partial charge in [-0.05, 0) is 35.2 Å². The van der Waals surface area contributed by atoms with Gasteiger partial charge in [-0.1, -0.05) is 38.1 Å². The zero-order valence-electron chi connectivity index (χ0n) is 14.2. The molecule has 7 heteroatoms. The minimum Gasteiger partial charge on any atom is -0.380 e. The van der Waals surface area contributed by atoms with Crippen LogP contribution in [0.25, 0.3) is 0 Å². The molecule has 2 rings (SSSR count). The molecule has 0 aliphatic heterocycles. The Labute approximate surface area is 145 Å². The molecule has 0 saturated carbocycles. The van der Waals surface area contributed by atoms with Crippen LogP contribution in [0.2, 0.25) is 0 Å². The predicted octanol–water partition coefficient (Wildman–Crippen LogP) is 3.37. The number of non-ortho nitro benzene ring substituents is 1. The summed E-state index contributed by atoms with van der Waals surface area (Å²) in [6.45, 7) is 6.24. The van der Waals surface area contributed by atoms with Gasteiger partial charge in [-0.3, -0.25) is 10.1 Å². The van der Waals surface area contributed by atoms with Crippen LogP contribution in [0.4, 0.5) is 5.69 Å². The molecular weight excluding hydrogens is 322 g/mol. The first-order valence-corrected chi connectivity index (χ1v) is 7.58. The lowest BCUT2D eigenvalue weighted by Gasteiger charge is -2.18. The minimum absolute atomic E-state index is 0.0130. The highest BCUT2D eigenvalue weighted by Crippen LogP contribution is 2.22. The summed E-state index contributed by atoms with van der Waals surface area (Å²) in [5.41, 5.74) is 7.52. The molecule has 0 bridgehead atoms. The number of rotatable bonds is 4. The number of carbonyl (C=O) groups is 1. The lowest BCUT2D eigenvalue weighted by atomic mass is 9.87. The van der Waals surface area contributed by atoms with E-state index < -0.39 is 10.9 Å². The average molecular weight is 341 g/mol. The van der Waals surface area contributed by atoms with Crippen LogP contribution in [0.3, 0.4) is 0 Å². The fourth-order valence-corrected chi connectivity index (χ4v) is 2.06. The largest absolute Gasteiger partial charge is 0.380 e. The van der Waals surface area contributed by atoms with Gasteiger partial charge in [-0.15, -0.1) is 0 Å². The SMILES string of the molecule is CC(C)(C)c1ccc(C(=O)O/N=C(/N)c2ccc([N+](=O)[O-])cc2)cc1. The number of nitrogens with zero attached hydrogens (tertiary/aromatic N) is 2. The van der Waals surface area contributed by atoms with Crippen molar-refractivity contribution in [3.63, 3.8) is 0 Å². The predicted molar refractivity (Wildman–Crippen MR) is 94.4 cm³/mol. The molecule has 130 valence electrons. The van der Waals surface area contributed by atoms with Crippen molar-refractivity contribution in [1.29, 1.82) is 0 Å². The van der Waals surface area contributed by atoms with Gasteiger partial charge >= 0.3 is 5.97 Å². The molecule has 0 saturated heterocycles. The first-order valence-electron chi connectivity index (χ1n) is 7.58. The van der Waals surface area contributed by atoms with Gasteiger partial charge in [0.15, 0.2) is 5.84 Å². The molecule has 0 unspecified atom stereocenters. The van der Waals surface area contributed by atoms with E-state index >= 15 is 0 Å². The summed E-state index contributed by atoms with van der Waals surface area (Å²) in [4.78, 5) is 26.9. The van der Waals surface area contributed by atoms with E-state index in [0.29, 0.717) is 11.1 Å². The number of amidine groups is 1. The van der Waals surface area contributed by atoms with Crippen LogP contribution in [0, 0.1) is 10.1 Å². The van der Waals surface area contributed by atoms with Crippen molar-refractivity contribution in [2.75, 3.05) is 0 Å². The first kappa shape index (κ1) is 18.1. The summed E-state index contributed by atoms with van der Waals surface area (Å²) in [6, 6.07) is 12.5. The molecule has 0 radical (unpaired) electrons. The van der Waals surface area contributed by atoms with Gasteiger partial charge in [-0.2, -0.15) is 0 Å². The average Bonchev–Trinajstić information content (AvgIpc) is 2.58. The lowest BCUT2D eigenvalue weighted by Crippen LogP contribution is -2.15. The number of hydrogen-bond donors (Lipinski definition) is 1. The molecule has 25 heavy (non-hydrogen) atoms. The van der Waals surface area contributed by atoms with Crippen LogP contribution in [0.1, 0.15) is 42.3 Å². The molecule has 2 aromatic rings. The second-order valence-electron chi connectivity index (χ2n) is 6.49. The third-order valence-electron chi connectivity index (χ3n) is 3.59. The molecule has 0 spiro atoms. The quantitative estimate of drug-likeness (QED) is 0.301. The number of nitro benzene ring substituents is 1. The van der Waals surface area contributed by atoms with Crippen molar-refractivity contribution < 1.29 is 14.6 Å². The summed E-state index contributed by atoms with van der Waals surface area (Å²) < 4.78 is 0. The number of hydrogen-bond acceptors (Lipinski definition) is 5. The summed E-state index contributed by atoms with van der Waals surface area (Å²) >= 11 is 0. The van der Waals surface area contributed by atoms with E-state index in [1.54, 1.807) is 12.1 Å². The third-order valence-corrected chi connectivity index (χ3v) is 3.59. The Balaban J connectivity index is 2.07. The molecule has 0 aromatic heterocycles. The zero-order chi connectivity index (χ0) is 18.6. The van der Waals surface area contributed by atoms with Gasteiger partial charge in [0.1, 0.15) is 0 Å². The van der Waals surface area contributed by atoms with Crippen molar-refractivity contribution in [2.45, 2.75) is 26.2 Å². The Bertz CT molecular complexity index is 804. The van der Waals surface area contributed by atoms with Gasteiger partial charge in [0.2, 0.25) is 0 Å². The van der Waals surface area contributed by atoms with Gasteiger partial charge < -0.3 is 10.6 Å². The third kappa shape index (κ3) is 4.63. The van der Waals surface area contributed by atoms with E-state index in [1.807, 2.05) is 12.1 Å². The molecular formula is C18H19N3O4. The van der Waals surface area contributed by atoms with Crippen molar-refractivity contribution in [2.24, 2.45) is 10.9 Å². The summed E-state index contributed by atoms with van der Waals surface area (Å²) in [7, 11) is 0. The van der Waals surface area contributed by atoms with Crippen LogP contribution >= 0.6 is 0 Å². The van der Waals surface area contributed by atoms with E-state index in [4.69, 9.17) is 10.6 Å². The Morgan fingerprint density at radius 1 is 1.04 bits per heavy atom. The van der Waals surface area contributed by atoms with Crippen LogP contribution in [-0.4, -0.2) is 16.7 Å². The molecule has 2 aromatic carbocycles. The van der Waals surface area contributed by atoms with Crippen LogP contribution in [0.15, 0.2) is 53.7 Å². The lowest BCUT2D eigenvalue weighted by molar-refractivity contribution is -0.384. The number of nitro groups is 1. The monoisotopic (exact) mass is 341 g/mol. The molecule has 2 N–H and O–H groups in total. The Morgan fingerprint density at radius 3 is 2.04 bits per heavy atom. The van der Waals surface area contributed by atoms with Gasteiger partial charge in [0.05, 0.1) is 10.5 Å².